The van der Waals surface area contributed by atoms with Crippen LogP contribution in [0.15, 0.2) is 42.5 Å². The summed E-state index contributed by atoms with van der Waals surface area (Å²) in [6.07, 6.45) is 1.65. The van der Waals surface area contributed by atoms with Crippen LogP contribution in [0.2, 0.25) is 0 Å². The Hall–Kier alpha value is -2.17. The summed E-state index contributed by atoms with van der Waals surface area (Å²) in [5.41, 5.74) is 4.63. The Kier molecular flexibility index (Phi) is 3.94. The van der Waals surface area contributed by atoms with Crippen LogP contribution < -0.4 is 5.32 Å². The zero-order valence-corrected chi connectivity index (χ0v) is 15.7. The van der Waals surface area contributed by atoms with Crippen molar-refractivity contribution in [3.05, 3.63) is 59.2 Å². The van der Waals surface area contributed by atoms with Crippen molar-refractivity contribution < 1.29 is 9.90 Å². The summed E-state index contributed by atoms with van der Waals surface area (Å²) in [5.74, 6) is 0.0662. The third-order valence-electron chi connectivity index (χ3n) is 5.74. The molecule has 0 aromatic heterocycles. The summed E-state index contributed by atoms with van der Waals surface area (Å²) in [7, 11) is 0. The minimum absolute atomic E-state index is 0.0662. The first-order valence-electron chi connectivity index (χ1n) is 9.26. The highest BCUT2D eigenvalue weighted by atomic mass is 16.3. The van der Waals surface area contributed by atoms with Gasteiger partial charge in [-0.3, -0.25) is 10.1 Å². The van der Waals surface area contributed by atoms with E-state index in [2.05, 4.69) is 37.4 Å². The van der Waals surface area contributed by atoms with Crippen LogP contribution >= 0.6 is 0 Å². The van der Waals surface area contributed by atoms with E-state index in [0.717, 1.165) is 24.0 Å². The van der Waals surface area contributed by atoms with E-state index in [0.29, 0.717) is 13.1 Å². The second-order valence-corrected chi connectivity index (χ2v) is 8.24. The average molecular weight is 350 g/mol. The standard InChI is InChI=1S/C22H26N2O2/c1-15-4-5-16(2)19(12-15)17-6-8-18(9-7-17)20(25)24-13-22(14-24)11-10-21(3,26)23-22/h4-9,12,23,26H,10-11,13-14H2,1-3H3. The molecule has 1 amide bonds. The molecule has 2 aliphatic rings. The van der Waals surface area contributed by atoms with E-state index in [1.54, 1.807) is 6.92 Å². The molecule has 2 heterocycles. The van der Waals surface area contributed by atoms with Gasteiger partial charge in [0.25, 0.3) is 5.91 Å². The SMILES string of the molecule is Cc1ccc(C)c(-c2ccc(C(=O)N3CC4(CCC(C)(O)N4)C3)cc2)c1. The molecule has 4 heteroatoms. The number of rotatable bonds is 2. The van der Waals surface area contributed by atoms with E-state index in [-0.39, 0.29) is 11.4 Å². The molecule has 0 bridgehead atoms. The number of benzene rings is 2. The topological polar surface area (TPSA) is 52.6 Å². The monoisotopic (exact) mass is 350 g/mol. The number of hydrogen-bond acceptors (Lipinski definition) is 3. The lowest BCUT2D eigenvalue weighted by Gasteiger charge is -2.49. The van der Waals surface area contributed by atoms with Crippen LogP contribution in [0.3, 0.4) is 0 Å². The predicted molar refractivity (Wildman–Crippen MR) is 103 cm³/mol. The van der Waals surface area contributed by atoms with Gasteiger partial charge in [-0.05, 0) is 62.4 Å². The van der Waals surface area contributed by atoms with E-state index >= 15 is 0 Å². The number of likely N-dealkylation sites (tertiary alicyclic amines) is 1. The zero-order valence-electron chi connectivity index (χ0n) is 15.7. The number of carbonyl (C=O) groups excluding carboxylic acids is 1. The molecule has 4 nitrogen and oxygen atoms in total. The summed E-state index contributed by atoms with van der Waals surface area (Å²) in [4.78, 5) is 14.6. The molecule has 1 unspecified atom stereocenters. The lowest BCUT2D eigenvalue weighted by Crippen LogP contribution is -2.70. The highest BCUT2D eigenvalue weighted by Crippen LogP contribution is 2.36. The maximum absolute atomic E-state index is 12.7. The van der Waals surface area contributed by atoms with E-state index in [9.17, 15) is 9.90 Å². The number of aryl methyl sites for hydroxylation is 2. The second kappa shape index (κ2) is 5.93. The van der Waals surface area contributed by atoms with E-state index in [4.69, 9.17) is 0 Å². The van der Waals surface area contributed by atoms with Crippen molar-refractivity contribution in [2.75, 3.05) is 13.1 Å². The number of nitrogens with zero attached hydrogens (tertiary/aromatic N) is 1. The van der Waals surface area contributed by atoms with Crippen molar-refractivity contribution >= 4 is 5.91 Å². The molecule has 2 saturated heterocycles. The molecule has 2 aromatic rings. The smallest absolute Gasteiger partial charge is 0.253 e. The maximum atomic E-state index is 12.7. The minimum Gasteiger partial charge on any atom is -0.376 e. The molecule has 1 spiro atoms. The summed E-state index contributed by atoms with van der Waals surface area (Å²) < 4.78 is 0. The molecule has 26 heavy (non-hydrogen) atoms. The summed E-state index contributed by atoms with van der Waals surface area (Å²) in [6.45, 7) is 7.34. The van der Waals surface area contributed by atoms with Crippen molar-refractivity contribution in [3.63, 3.8) is 0 Å². The lowest BCUT2D eigenvalue weighted by atomic mass is 9.87. The molecule has 2 N–H and O–H groups in total. The van der Waals surface area contributed by atoms with Gasteiger partial charge in [-0.1, -0.05) is 35.9 Å². The normalized spacial score (nSPS) is 23.9. The van der Waals surface area contributed by atoms with Crippen LogP contribution in [-0.4, -0.2) is 40.3 Å². The Bertz CT molecular complexity index is 849. The van der Waals surface area contributed by atoms with Crippen LogP contribution in [0.1, 0.15) is 41.3 Å². The van der Waals surface area contributed by atoms with Gasteiger partial charge < -0.3 is 10.0 Å². The molecule has 4 rings (SSSR count). The Morgan fingerprint density at radius 1 is 1.08 bits per heavy atom. The first-order valence-corrected chi connectivity index (χ1v) is 9.26. The predicted octanol–water partition coefficient (Wildman–Crippen LogP) is 3.26. The van der Waals surface area contributed by atoms with Gasteiger partial charge in [-0.2, -0.15) is 0 Å². The van der Waals surface area contributed by atoms with Gasteiger partial charge >= 0.3 is 0 Å². The lowest BCUT2D eigenvalue weighted by molar-refractivity contribution is -0.00649. The first kappa shape index (κ1) is 17.3. The molecule has 2 aromatic carbocycles. The van der Waals surface area contributed by atoms with Gasteiger partial charge in [0.05, 0.1) is 5.54 Å². The fraction of sp³-hybridized carbons (Fsp3) is 0.409. The van der Waals surface area contributed by atoms with Gasteiger partial charge in [0, 0.05) is 18.7 Å². The van der Waals surface area contributed by atoms with Crippen molar-refractivity contribution in [2.45, 2.75) is 44.9 Å². The van der Waals surface area contributed by atoms with Crippen LogP contribution in [0, 0.1) is 13.8 Å². The van der Waals surface area contributed by atoms with Gasteiger partial charge in [-0.15, -0.1) is 0 Å². The Balaban J connectivity index is 1.46. The molecule has 0 saturated carbocycles. The largest absolute Gasteiger partial charge is 0.376 e. The Morgan fingerprint density at radius 3 is 2.38 bits per heavy atom. The van der Waals surface area contributed by atoms with Crippen LogP contribution in [-0.2, 0) is 0 Å². The highest BCUT2D eigenvalue weighted by Gasteiger charge is 2.52. The van der Waals surface area contributed by atoms with Crippen molar-refractivity contribution in [2.24, 2.45) is 0 Å². The number of aliphatic hydroxyl groups is 1. The van der Waals surface area contributed by atoms with Gasteiger partial charge in [0.1, 0.15) is 5.72 Å². The fourth-order valence-corrected chi connectivity index (χ4v) is 4.27. The van der Waals surface area contributed by atoms with Crippen molar-refractivity contribution in [1.29, 1.82) is 0 Å². The molecule has 0 radical (unpaired) electrons. The summed E-state index contributed by atoms with van der Waals surface area (Å²) in [5, 5.41) is 13.4. The molecule has 2 aliphatic heterocycles. The minimum atomic E-state index is -0.803. The van der Waals surface area contributed by atoms with E-state index < -0.39 is 5.72 Å². The van der Waals surface area contributed by atoms with Crippen molar-refractivity contribution in [3.8, 4) is 11.1 Å². The molecule has 2 fully saturated rings. The van der Waals surface area contributed by atoms with Gasteiger partial charge in [-0.25, -0.2) is 0 Å². The van der Waals surface area contributed by atoms with Crippen LogP contribution in [0.5, 0.6) is 0 Å². The first-order chi connectivity index (χ1) is 12.3. The number of amides is 1. The quantitative estimate of drug-likeness (QED) is 0.874. The third-order valence-corrected chi connectivity index (χ3v) is 5.74. The van der Waals surface area contributed by atoms with E-state index in [1.807, 2.05) is 29.2 Å². The summed E-state index contributed by atoms with van der Waals surface area (Å²) >= 11 is 0. The molecular weight excluding hydrogens is 324 g/mol. The Morgan fingerprint density at radius 2 is 1.77 bits per heavy atom. The molecule has 0 aliphatic carbocycles. The zero-order chi connectivity index (χ0) is 18.5. The fourth-order valence-electron chi connectivity index (χ4n) is 4.27. The van der Waals surface area contributed by atoms with Crippen LogP contribution in [0.25, 0.3) is 11.1 Å². The molecule has 1 atom stereocenters. The van der Waals surface area contributed by atoms with Gasteiger partial charge in [0.15, 0.2) is 0 Å². The molecule has 136 valence electrons. The third kappa shape index (κ3) is 3.04. The molecular formula is C22H26N2O2. The average Bonchev–Trinajstić information content (AvgIpc) is 2.91. The maximum Gasteiger partial charge on any atom is 0.253 e. The van der Waals surface area contributed by atoms with Crippen molar-refractivity contribution in [1.82, 2.24) is 10.2 Å². The Labute approximate surface area is 154 Å². The number of hydrogen-bond donors (Lipinski definition) is 2. The number of carbonyl (C=O) groups is 1. The van der Waals surface area contributed by atoms with E-state index in [1.165, 1.54) is 16.7 Å². The van der Waals surface area contributed by atoms with Crippen LogP contribution in [0.4, 0.5) is 0 Å². The van der Waals surface area contributed by atoms with Gasteiger partial charge in [0.2, 0.25) is 0 Å². The summed E-state index contributed by atoms with van der Waals surface area (Å²) in [6, 6.07) is 14.3. The highest BCUT2D eigenvalue weighted by molar-refractivity contribution is 5.95. The second-order valence-electron chi connectivity index (χ2n) is 8.24. The number of nitrogens with one attached hydrogen (secondary N) is 1.